The van der Waals surface area contributed by atoms with Crippen molar-refractivity contribution in [3.05, 3.63) is 23.8 Å². The van der Waals surface area contributed by atoms with E-state index in [0.29, 0.717) is 24.5 Å². The fraction of sp³-hybridized carbons (Fsp3) is 0.500. The van der Waals surface area contributed by atoms with Crippen molar-refractivity contribution in [3.8, 4) is 11.5 Å². The van der Waals surface area contributed by atoms with Crippen molar-refractivity contribution in [2.75, 3.05) is 20.3 Å². The summed E-state index contributed by atoms with van der Waals surface area (Å²) in [5.74, 6) is 1.43. The zero-order chi connectivity index (χ0) is 12.0. The largest absolute Gasteiger partial charge is 0.493 e. The Morgan fingerprint density at radius 1 is 1.38 bits per heavy atom. The molecule has 0 spiro atoms. The second-order valence-corrected chi connectivity index (χ2v) is 3.57. The van der Waals surface area contributed by atoms with Crippen LogP contribution in [0.1, 0.15) is 12.5 Å². The fourth-order valence-corrected chi connectivity index (χ4v) is 1.48. The van der Waals surface area contributed by atoms with E-state index in [4.69, 9.17) is 20.3 Å². The number of ether oxygens (including phenoxy) is 2. The molecule has 0 bridgehead atoms. The van der Waals surface area contributed by atoms with Crippen molar-refractivity contribution in [1.82, 2.24) is 0 Å². The summed E-state index contributed by atoms with van der Waals surface area (Å²) in [5, 5.41) is 8.89. The highest BCUT2D eigenvalue weighted by Gasteiger charge is 2.08. The summed E-state index contributed by atoms with van der Waals surface area (Å²) in [4.78, 5) is 0. The summed E-state index contributed by atoms with van der Waals surface area (Å²) in [7, 11) is 1.61. The third-order valence-corrected chi connectivity index (χ3v) is 2.26. The lowest BCUT2D eigenvalue weighted by molar-refractivity contribution is 0.265. The van der Waals surface area contributed by atoms with E-state index in [1.54, 1.807) is 7.11 Å². The van der Waals surface area contributed by atoms with Gasteiger partial charge in [-0.05, 0) is 31.0 Å². The predicted molar refractivity (Wildman–Crippen MR) is 62.9 cm³/mol. The molecule has 0 aromatic heterocycles. The van der Waals surface area contributed by atoms with E-state index in [9.17, 15) is 0 Å². The Morgan fingerprint density at radius 3 is 2.69 bits per heavy atom. The zero-order valence-corrected chi connectivity index (χ0v) is 9.77. The monoisotopic (exact) mass is 225 g/mol. The van der Waals surface area contributed by atoms with Crippen LogP contribution in [0.5, 0.6) is 11.5 Å². The first-order chi connectivity index (χ1) is 7.71. The molecule has 1 aromatic carbocycles. The number of aliphatic hydroxyl groups excluding tert-OH is 1. The first-order valence-electron chi connectivity index (χ1n) is 5.37. The molecule has 0 fully saturated rings. The second kappa shape index (κ2) is 6.35. The van der Waals surface area contributed by atoms with Crippen molar-refractivity contribution in [2.45, 2.75) is 19.4 Å². The summed E-state index contributed by atoms with van der Waals surface area (Å²) < 4.78 is 10.6. The molecule has 1 atom stereocenters. The molecular weight excluding hydrogens is 206 g/mol. The van der Waals surface area contributed by atoms with Gasteiger partial charge < -0.3 is 20.3 Å². The van der Waals surface area contributed by atoms with E-state index < -0.39 is 0 Å². The van der Waals surface area contributed by atoms with Crippen LogP contribution >= 0.6 is 0 Å². The Balaban J connectivity index is 2.84. The van der Waals surface area contributed by atoms with Crippen molar-refractivity contribution < 1.29 is 14.6 Å². The molecule has 0 radical (unpaired) electrons. The van der Waals surface area contributed by atoms with E-state index in [-0.39, 0.29) is 12.6 Å². The smallest absolute Gasteiger partial charge is 0.161 e. The van der Waals surface area contributed by atoms with E-state index in [1.807, 2.05) is 25.1 Å². The summed E-state index contributed by atoms with van der Waals surface area (Å²) in [6.45, 7) is 2.49. The zero-order valence-electron chi connectivity index (χ0n) is 9.77. The van der Waals surface area contributed by atoms with Crippen molar-refractivity contribution in [1.29, 1.82) is 0 Å². The highest BCUT2D eigenvalue weighted by atomic mass is 16.5. The second-order valence-electron chi connectivity index (χ2n) is 3.57. The van der Waals surface area contributed by atoms with Crippen LogP contribution in [-0.4, -0.2) is 31.5 Å². The maximum absolute atomic E-state index is 8.89. The molecule has 1 unspecified atom stereocenters. The molecule has 1 rings (SSSR count). The van der Waals surface area contributed by atoms with Crippen LogP contribution in [0.3, 0.4) is 0 Å². The summed E-state index contributed by atoms with van der Waals surface area (Å²) in [5.41, 5.74) is 6.71. The molecule has 0 saturated heterocycles. The fourth-order valence-electron chi connectivity index (χ4n) is 1.48. The topological polar surface area (TPSA) is 64.7 Å². The van der Waals surface area contributed by atoms with Gasteiger partial charge in [-0.1, -0.05) is 6.07 Å². The molecular formula is C12H19NO3. The lowest BCUT2D eigenvalue weighted by atomic mass is 10.1. The first-order valence-corrected chi connectivity index (χ1v) is 5.37. The number of nitrogens with two attached hydrogens (primary N) is 1. The Labute approximate surface area is 96.0 Å². The number of rotatable bonds is 6. The van der Waals surface area contributed by atoms with Gasteiger partial charge >= 0.3 is 0 Å². The van der Waals surface area contributed by atoms with Gasteiger partial charge in [0.15, 0.2) is 11.5 Å². The van der Waals surface area contributed by atoms with Crippen LogP contribution in [0.4, 0.5) is 0 Å². The van der Waals surface area contributed by atoms with Crippen LogP contribution in [0.15, 0.2) is 18.2 Å². The van der Waals surface area contributed by atoms with Gasteiger partial charge in [0.2, 0.25) is 0 Å². The van der Waals surface area contributed by atoms with E-state index in [1.165, 1.54) is 0 Å². The molecule has 0 heterocycles. The van der Waals surface area contributed by atoms with Crippen molar-refractivity contribution in [3.63, 3.8) is 0 Å². The minimum Gasteiger partial charge on any atom is -0.493 e. The lowest BCUT2D eigenvalue weighted by Gasteiger charge is -2.12. The van der Waals surface area contributed by atoms with E-state index >= 15 is 0 Å². The number of hydrogen-bond donors (Lipinski definition) is 2. The van der Waals surface area contributed by atoms with Gasteiger partial charge in [0.1, 0.15) is 0 Å². The Bertz CT molecular complexity index is 328. The number of aliphatic hydroxyl groups is 1. The van der Waals surface area contributed by atoms with Gasteiger partial charge in [-0.25, -0.2) is 0 Å². The average Bonchev–Trinajstić information content (AvgIpc) is 2.30. The highest BCUT2D eigenvalue weighted by molar-refractivity contribution is 5.43. The first kappa shape index (κ1) is 12.8. The van der Waals surface area contributed by atoms with E-state index in [0.717, 1.165) is 5.56 Å². The summed E-state index contributed by atoms with van der Waals surface area (Å²) >= 11 is 0. The van der Waals surface area contributed by atoms with Gasteiger partial charge in [-0.3, -0.25) is 0 Å². The standard InChI is InChI=1S/C12H19NO3/c1-3-16-12-7-9(6-10(13)8-14)4-5-11(12)15-2/h4-5,7,10,14H,3,6,8,13H2,1-2H3. The number of methoxy groups -OCH3 is 1. The van der Waals surface area contributed by atoms with E-state index in [2.05, 4.69) is 0 Å². The van der Waals surface area contributed by atoms with Gasteiger partial charge in [-0.15, -0.1) is 0 Å². The molecule has 1 aromatic rings. The maximum atomic E-state index is 8.89. The van der Waals surface area contributed by atoms with Crippen LogP contribution in [-0.2, 0) is 6.42 Å². The molecule has 3 N–H and O–H groups in total. The van der Waals surface area contributed by atoms with Gasteiger partial charge in [0.05, 0.1) is 20.3 Å². The predicted octanol–water partition coefficient (Wildman–Crippen LogP) is 0.956. The molecule has 0 aliphatic rings. The molecule has 4 nitrogen and oxygen atoms in total. The quantitative estimate of drug-likeness (QED) is 0.756. The van der Waals surface area contributed by atoms with Gasteiger partial charge in [-0.2, -0.15) is 0 Å². The molecule has 0 aliphatic carbocycles. The third kappa shape index (κ3) is 3.40. The SMILES string of the molecule is CCOc1cc(CC(N)CO)ccc1OC. The van der Waals surface area contributed by atoms with Crippen LogP contribution in [0.2, 0.25) is 0 Å². The van der Waals surface area contributed by atoms with Gasteiger partial charge in [0, 0.05) is 6.04 Å². The Hall–Kier alpha value is -1.26. The third-order valence-electron chi connectivity index (χ3n) is 2.26. The summed E-state index contributed by atoms with van der Waals surface area (Å²) in [6, 6.07) is 5.45. The van der Waals surface area contributed by atoms with Crippen molar-refractivity contribution in [2.24, 2.45) is 5.73 Å². The molecule has 0 aliphatic heterocycles. The lowest BCUT2D eigenvalue weighted by Crippen LogP contribution is -2.26. The molecule has 90 valence electrons. The van der Waals surface area contributed by atoms with Crippen LogP contribution in [0.25, 0.3) is 0 Å². The van der Waals surface area contributed by atoms with Crippen molar-refractivity contribution >= 4 is 0 Å². The summed E-state index contributed by atoms with van der Waals surface area (Å²) in [6.07, 6.45) is 0.626. The normalized spacial score (nSPS) is 12.2. The molecule has 0 saturated carbocycles. The minimum absolute atomic E-state index is 0.0179. The van der Waals surface area contributed by atoms with Gasteiger partial charge in [0.25, 0.3) is 0 Å². The number of hydrogen-bond acceptors (Lipinski definition) is 4. The average molecular weight is 225 g/mol. The highest BCUT2D eigenvalue weighted by Crippen LogP contribution is 2.28. The maximum Gasteiger partial charge on any atom is 0.161 e. The number of benzene rings is 1. The van der Waals surface area contributed by atoms with Crippen LogP contribution in [0, 0.1) is 0 Å². The molecule has 4 heteroatoms. The Morgan fingerprint density at radius 2 is 2.12 bits per heavy atom. The molecule has 16 heavy (non-hydrogen) atoms. The minimum atomic E-state index is -0.233. The molecule has 0 amide bonds. The Kier molecular flexibility index (Phi) is 5.08. The van der Waals surface area contributed by atoms with Crippen LogP contribution < -0.4 is 15.2 Å².